The fourth-order valence-electron chi connectivity index (χ4n) is 3.00. The zero-order valence-electron chi connectivity index (χ0n) is 16.0. The van der Waals surface area contributed by atoms with Crippen LogP contribution >= 0.6 is 0 Å². The Kier molecular flexibility index (Phi) is 5.95. The van der Waals surface area contributed by atoms with Gasteiger partial charge in [0.05, 0.1) is 23.2 Å². The summed E-state index contributed by atoms with van der Waals surface area (Å²) in [6.07, 6.45) is -4.14. The highest BCUT2D eigenvalue weighted by molar-refractivity contribution is 5.95. The van der Waals surface area contributed by atoms with Crippen LogP contribution in [-0.4, -0.2) is 27.7 Å². The minimum atomic E-state index is -4.57. The first-order chi connectivity index (χ1) is 14.2. The second-order valence-corrected chi connectivity index (χ2v) is 6.50. The van der Waals surface area contributed by atoms with E-state index in [-0.39, 0.29) is 17.8 Å². The fourth-order valence-corrected chi connectivity index (χ4v) is 3.00. The number of nitrogen functional groups attached to an aromatic ring is 1. The maximum atomic E-state index is 12.9. The first kappa shape index (κ1) is 21.2. The summed E-state index contributed by atoms with van der Waals surface area (Å²) < 4.78 is 46.6. The molecule has 3 rings (SSSR count). The summed E-state index contributed by atoms with van der Waals surface area (Å²) >= 11 is 0. The molecule has 1 aromatic heterocycles. The maximum absolute atomic E-state index is 12.9. The Bertz CT molecular complexity index is 1160. The Labute approximate surface area is 169 Å². The van der Waals surface area contributed by atoms with E-state index in [9.17, 15) is 22.8 Å². The molecule has 0 saturated carbocycles. The van der Waals surface area contributed by atoms with Gasteiger partial charge in [0.15, 0.2) is 0 Å². The SMILES string of the molecule is CC(=O)OCCCn1c(=NC(=O)c2cccc(C(F)(F)F)c2)n(N)c2ccccc21. The highest BCUT2D eigenvalue weighted by Gasteiger charge is 2.30. The topological polar surface area (TPSA) is 91.6 Å². The van der Waals surface area contributed by atoms with Crippen LogP contribution in [0.3, 0.4) is 0 Å². The number of aryl methyl sites for hydroxylation is 1. The molecule has 10 heteroatoms. The van der Waals surface area contributed by atoms with Crippen molar-refractivity contribution < 1.29 is 27.5 Å². The minimum absolute atomic E-state index is 0.0708. The lowest BCUT2D eigenvalue weighted by Gasteiger charge is -2.07. The molecule has 0 aliphatic carbocycles. The largest absolute Gasteiger partial charge is 0.466 e. The molecule has 7 nitrogen and oxygen atoms in total. The third kappa shape index (κ3) is 4.53. The van der Waals surface area contributed by atoms with E-state index in [4.69, 9.17) is 10.6 Å². The van der Waals surface area contributed by atoms with E-state index in [1.54, 1.807) is 28.8 Å². The number of aromatic nitrogens is 2. The maximum Gasteiger partial charge on any atom is 0.416 e. The van der Waals surface area contributed by atoms with Gasteiger partial charge in [-0.2, -0.15) is 18.2 Å². The molecule has 158 valence electrons. The zero-order chi connectivity index (χ0) is 21.9. The highest BCUT2D eigenvalue weighted by atomic mass is 19.4. The molecule has 2 N–H and O–H groups in total. The summed E-state index contributed by atoms with van der Waals surface area (Å²) in [4.78, 5) is 27.5. The van der Waals surface area contributed by atoms with Gasteiger partial charge >= 0.3 is 12.1 Å². The molecule has 0 aliphatic heterocycles. The van der Waals surface area contributed by atoms with E-state index in [2.05, 4.69) is 4.99 Å². The summed E-state index contributed by atoms with van der Waals surface area (Å²) in [5.41, 5.74) is 0.188. The number of alkyl halides is 3. The van der Waals surface area contributed by atoms with Crippen molar-refractivity contribution in [3.05, 3.63) is 65.3 Å². The fraction of sp³-hybridized carbons (Fsp3) is 0.250. The third-order valence-corrected chi connectivity index (χ3v) is 4.36. The molecule has 1 amide bonds. The number of ether oxygens (including phenoxy) is 1. The van der Waals surface area contributed by atoms with E-state index >= 15 is 0 Å². The number of fused-ring (bicyclic) bond motifs is 1. The van der Waals surface area contributed by atoms with E-state index in [0.29, 0.717) is 24.0 Å². The molecular weight excluding hydrogens is 401 g/mol. The Morgan fingerprint density at radius 3 is 2.47 bits per heavy atom. The number of esters is 1. The van der Waals surface area contributed by atoms with Gasteiger partial charge in [0.2, 0.25) is 5.62 Å². The van der Waals surface area contributed by atoms with E-state index < -0.39 is 23.6 Å². The summed E-state index contributed by atoms with van der Waals surface area (Å²) in [7, 11) is 0. The number of para-hydroxylation sites is 2. The first-order valence-electron chi connectivity index (χ1n) is 9.03. The van der Waals surface area contributed by atoms with Crippen molar-refractivity contribution in [2.24, 2.45) is 4.99 Å². The van der Waals surface area contributed by atoms with Crippen LogP contribution in [0, 0.1) is 0 Å². The van der Waals surface area contributed by atoms with Gasteiger partial charge in [0.1, 0.15) is 0 Å². The predicted molar refractivity (Wildman–Crippen MR) is 103 cm³/mol. The molecule has 30 heavy (non-hydrogen) atoms. The second-order valence-electron chi connectivity index (χ2n) is 6.50. The molecule has 0 aliphatic rings. The van der Waals surface area contributed by atoms with Crippen LogP contribution < -0.4 is 11.5 Å². The van der Waals surface area contributed by atoms with Crippen LogP contribution in [0.25, 0.3) is 11.0 Å². The average molecular weight is 420 g/mol. The molecule has 0 radical (unpaired) electrons. The summed E-state index contributed by atoms with van der Waals surface area (Å²) in [5.74, 6) is 4.83. The Balaban J connectivity index is 2.03. The van der Waals surface area contributed by atoms with Crippen LogP contribution in [0.1, 0.15) is 29.3 Å². The molecule has 3 aromatic rings. The number of nitrogens with zero attached hydrogens (tertiary/aromatic N) is 3. The molecule has 0 saturated heterocycles. The standard InChI is InChI=1S/C20H19F3N4O3/c1-13(28)30-11-5-10-26-16-8-2-3-9-17(16)27(24)19(26)25-18(29)14-6-4-7-15(12-14)20(21,22)23/h2-4,6-9,12H,5,10-11,24H2,1H3. The van der Waals surface area contributed by atoms with E-state index in [0.717, 1.165) is 18.2 Å². The lowest BCUT2D eigenvalue weighted by atomic mass is 10.1. The smallest absolute Gasteiger partial charge is 0.416 e. The van der Waals surface area contributed by atoms with Crippen molar-refractivity contribution >= 4 is 22.9 Å². The summed E-state index contributed by atoms with van der Waals surface area (Å²) in [6, 6.07) is 11.1. The summed E-state index contributed by atoms with van der Waals surface area (Å²) in [6.45, 7) is 1.79. The number of rotatable bonds is 5. The van der Waals surface area contributed by atoms with E-state index in [1.807, 2.05) is 0 Å². The normalized spacial score (nSPS) is 12.3. The van der Waals surface area contributed by atoms with Crippen LogP contribution in [-0.2, 0) is 22.3 Å². The molecule has 0 fully saturated rings. The molecule has 2 aromatic carbocycles. The van der Waals surface area contributed by atoms with Gasteiger partial charge < -0.3 is 15.1 Å². The molecule has 0 unspecified atom stereocenters. The molecule has 0 bridgehead atoms. The van der Waals surface area contributed by atoms with Gasteiger partial charge in [0, 0.05) is 19.0 Å². The third-order valence-electron chi connectivity index (χ3n) is 4.36. The number of amides is 1. The second kappa shape index (κ2) is 8.44. The Morgan fingerprint density at radius 2 is 1.80 bits per heavy atom. The molecule has 1 heterocycles. The lowest BCUT2D eigenvalue weighted by molar-refractivity contribution is -0.141. The van der Waals surface area contributed by atoms with Crippen LogP contribution in [0.2, 0.25) is 0 Å². The van der Waals surface area contributed by atoms with Crippen molar-refractivity contribution in [3.63, 3.8) is 0 Å². The molecule has 0 atom stereocenters. The van der Waals surface area contributed by atoms with Crippen LogP contribution in [0.4, 0.5) is 13.2 Å². The quantitative estimate of drug-likeness (QED) is 0.390. The van der Waals surface area contributed by atoms with Crippen molar-refractivity contribution in [3.8, 4) is 0 Å². The Morgan fingerprint density at radius 1 is 1.10 bits per heavy atom. The number of imidazole rings is 1. The number of hydrogen-bond donors (Lipinski definition) is 1. The molecule has 0 spiro atoms. The van der Waals surface area contributed by atoms with Gasteiger partial charge in [-0.3, -0.25) is 9.59 Å². The lowest BCUT2D eigenvalue weighted by Crippen LogP contribution is -2.32. The van der Waals surface area contributed by atoms with Crippen molar-refractivity contribution in [1.82, 2.24) is 9.24 Å². The number of halogens is 3. The number of hydrogen-bond acceptors (Lipinski definition) is 4. The van der Waals surface area contributed by atoms with Gasteiger partial charge in [-0.25, -0.2) is 4.68 Å². The highest BCUT2D eigenvalue weighted by Crippen LogP contribution is 2.29. The van der Waals surface area contributed by atoms with Gasteiger partial charge in [-0.05, 0) is 36.8 Å². The van der Waals surface area contributed by atoms with Gasteiger partial charge in [-0.15, -0.1) is 0 Å². The van der Waals surface area contributed by atoms with Crippen LogP contribution in [0.15, 0.2) is 53.5 Å². The van der Waals surface area contributed by atoms with Crippen molar-refractivity contribution in [1.29, 1.82) is 0 Å². The number of carbonyl (C=O) groups is 2. The van der Waals surface area contributed by atoms with Crippen molar-refractivity contribution in [2.45, 2.75) is 26.1 Å². The van der Waals surface area contributed by atoms with Gasteiger partial charge in [0.25, 0.3) is 5.91 Å². The Hall–Kier alpha value is -3.56. The van der Waals surface area contributed by atoms with E-state index in [1.165, 1.54) is 17.7 Å². The average Bonchev–Trinajstić information content (AvgIpc) is 2.96. The van der Waals surface area contributed by atoms with Crippen molar-refractivity contribution in [2.75, 3.05) is 12.4 Å². The number of nitrogens with two attached hydrogens (primary N) is 1. The number of benzene rings is 2. The zero-order valence-corrected chi connectivity index (χ0v) is 16.0. The summed E-state index contributed by atoms with van der Waals surface area (Å²) in [5, 5.41) is 0. The number of carbonyl (C=O) groups excluding carboxylic acids is 2. The minimum Gasteiger partial charge on any atom is -0.466 e. The van der Waals surface area contributed by atoms with Gasteiger partial charge in [-0.1, -0.05) is 18.2 Å². The predicted octanol–water partition coefficient (Wildman–Crippen LogP) is 2.87. The first-order valence-corrected chi connectivity index (χ1v) is 9.03. The van der Waals surface area contributed by atoms with Crippen LogP contribution in [0.5, 0.6) is 0 Å². The monoisotopic (exact) mass is 420 g/mol. The molecular formula is C20H19F3N4O3.